The average molecular weight is 329 g/mol. The fourth-order valence-electron chi connectivity index (χ4n) is 2.74. The van der Waals surface area contributed by atoms with Crippen LogP contribution >= 0.6 is 0 Å². The molecule has 0 atom stereocenters. The van der Waals surface area contributed by atoms with Gasteiger partial charge in [0, 0.05) is 0 Å². The molecule has 6 heteroatoms. The average Bonchev–Trinajstić information content (AvgIpc) is 2.79. The van der Waals surface area contributed by atoms with Crippen LogP contribution in [0.2, 0.25) is 0 Å². The molecule has 0 aromatic heterocycles. The third-order valence-electron chi connectivity index (χ3n) is 5.88. The summed E-state index contributed by atoms with van der Waals surface area (Å²) in [7, 11) is -0.817. The highest BCUT2D eigenvalue weighted by Crippen LogP contribution is 2.37. The van der Waals surface area contributed by atoms with Gasteiger partial charge in [-0.2, -0.15) is 0 Å². The third kappa shape index (κ3) is 2.84. The molecule has 2 saturated heterocycles. The van der Waals surface area contributed by atoms with Gasteiger partial charge in [0.1, 0.15) is 0 Å². The van der Waals surface area contributed by atoms with E-state index in [-0.39, 0.29) is 22.4 Å². The number of hydrogen-bond acceptors (Lipinski definition) is 4. The van der Waals surface area contributed by atoms with E-state index in [9.17, 15) is 0 Å². The Morgan fingerprint density at radius 2 is 0.917 bits per heavy atom. The minimum atomic E-state index is -0.409. The molecule has 3 rings (SSSR count). The summed E-state index contributed by atoms with van der Waals surface area (Å²) >= 11 is 0. The molecule has 2 heterocycles. The van der Waals surface area contributed by atoms with E-state index < -0.39 is 14.2 Å². The second-order valence-corrected chi connectivity index (χ2v) is 8.78. The molecule has 0 spiro atoms. The summed E-state index contributed by atoms with van der Waals surface area (Å²) in [5, 5.41) is 0. The van der Waals surface area contributed by atoms with Crippen molar-refractivity contribution < 1.29 is 18.6 Å². The van der Waals surface area contributed by atoms with Gasteiger partial charge in [0.15, 0.2) is 0 Å². The highest BCUT2D eigenvalue weighted by atomic mass is 16.7. The zero-order valence-electron chi connectivity index (χ0n) is 16.0. The van der Waals surface area contributed by atoms with Gasteiger partial charge in [-0.1, -0.05) is 18.2 Å². The molecule has 0 N–H and O–H groups in total. The largest absolute Gasteiger partial charge is 0.494 e. The lowest BCUT2D eigenvalue weighted by atomic mass is 9.72. The van der Waals surface area contributed by atoms with Crippen molar-refractivity contribution in [3.05, 3.63) is 24.3 Å². The second-order valence-electron chi connectivity index (χ2n) is 8.78. The Morgan fingerprint density at radius 3 is 1.21 bits per heavy atom. The van der Waals surface area contributed by atoms with Crippen molar-refractivity contribution in [2.24, 2.45) is 0 Å². The van der Waals surface area contributed by atoms with Crippen LogP contribution < -0.4 is 10.9 Å². The zero-order valence-corrected chi connectivity index (χ0v) is 16.0. The second kappa shape index (κ2) is 5.34. The van der Waals surface area contributed by atoms with Crippen LogP contribution in [-0.2, 0) is 18.6 Å². The van der Waals surface area contributed by atoms with E-state index in [4.69, 9.17) is 18.6 Å². The zero-order chi connectivity index (χ0) is 18.0. The summed E-state index contributed by atoms with van der Waals surface area (Å²) in [6.07, 6.45) is 0. The molecule has 1 radical (unpaired) electrons. The molecule has 0 saturated carbocycles. The van der Waals surface area contributed by atoms with E-state index in [0.717, 1.165) is 10.9 Å². The first-order valence-corrected chi connectivity index (χ1v) is 8.57. The molecule has 2 aliphatic heterocycles. The van der Waals surface area contributed by atoms with E-state index in [1.54, 1.807) is 0 Å². The molecular formula is C18H27B2O4. The predicted molar refractivity (Wildman–Crippen MR) is 96.7 cm³/mol. The molecule has 129 valence electrons. The summed E-state index contributed by atoms with van der Waals surface area (Å²) in [5.41, 5.74) is 0.410. The highest BCUT2D eigenvalue weighted by molar-refractivity contribution is 6.65. The maximum atomic E-state index is 6.13. The van der Waals surface area contributed by atoms with E-state index in [1.807, 2.05) is 18.2 Å². The van der Waals surface area contributed by atoms with Gasteiger partial charge in [0.05, 0.1) is 22.4 Å². The van der Waals surface area contributed by atoms with Crippen molar-refractivity contribution in [1.29, 1.82) is 0 Å². The van der Waals surface area contributed by atoms with Crippen LogP contribution in [0.25, 0.3) is 0 Å². The van der Waals surface area contributed by atoms with Crippen LogP contribution in [0.3, 0.4) is 0 Å². The summed E-state index contributed by atoms with van der Waals surface area (Å²) in [5.74, 6) is 0. The molecule has 2 aliphatic rings. The quantitative estimate of drug-likeness (QED) is 0.779. The van der Waals surface area contributed by atoms with Crippen molar-refractivity contribution in [2.45, 2.75) is 77.8 Å². The topological polar surface area (TPSA) is 36.9 Å². The number of benzene rings is 1. The Hall–Kier alpha value is -0.810. The van der Waals surface area contributed by atoms with Gasteiger partial charge in [0.25, 0.3) is 0 Å². The minimum Gasteiger partial charge on any atom is -0.399 e. The Kier molecular flexibility index (Phi) is 4.00. The first kappa shape index (κ1) is 18.0. The van der Waals surface area contributed by atoms with Gasteiger partial charge in [-0.25, -0.2) is 0 Å². The minimum absolute atomic E-state index is 0.363. The highest BCUT2D eigenvalue weighted by Gasteiger charge is 2.53. The lowest BCUT2D eigenvalue weighted by Gasteiger charge is -2.32. The maximum Gasteiger partial charge on any atom is 0.494 e. The number of rotatable bonds is 2. The smallest absolute Gasteiger partial charge is 0.399 e. The van der Waals surface area contributed by atoms with Crippen molar-refractivity contribution in [3.8, 4) is 0 Å². The van der Waals surface area contributed by atoms with Gasteiger partial charge in [0.2, 0.25) is 0 Å². The van der Waals surface area contributed by atoms with Crippen molar-refractivity contribution in [2.75, 3.05) is 0 Å². The van der Waals surface area contributed by atoms with Crippen LogP contribution in [0.15, 0.2) is 18.2 Å². The molecule has 24 heavy (non-hydrogen) atoms. The standard InChI is InChI=1S/C18H27B2O4/c1-15(2)16(3,4)22-19(21-15)13-10-9-11-14(12-13)20-23-17(5,6)18(7,8)24-20/h10-12H,1-8H3. The Bertz CT molecular complexity index is 556. The van der Waals surface area contributed by atoms with Crippen molar-refractivity contribution in [3.63, 3.8) is 0 Å². The molecule has 4 nitrogen and oxygen atoms in total. The van der Waals surface area contributed by atoms with Gasteiger partial charge in [-0.3, -0.25) is 0 Å². The summed E-state index contributed by atoms with van der Waals surface area (Å²) in [6.45, 7) is 16.4. The summed E-state index contributed by atoms with van der Waals surface area (Å²) < 4.78 is 24.5. The van der Waals surface area contributed by atoms with E-state index in [0.29, 0.717) is 0 Å². The molecule has 1 aromatic carbocycles. The predicted octanol–water partition coefficient (Wildman–Crippen LogP) is 2.09. The number of hydrogen-bond donors (Lipinski definition) is 0. The summed E-state index contributed by atoms with van der Waals surface area (Å²) in [4.78, 5) is 0. The lowest BCUT2D eigenvalue weighted by molar-refractivity contribution is 0.00578. The van der Waals surface area contributed by atoms with Gasteiger partial charge >= 0.3 is 14.2 Å². The molecule has 2 fully saturated rings. The SMILES string of the molecule is CC1(C)OB(c2c[c]cc(B3OC(C)(C)C(C)(C)O3)c2)OC1(C)C. The molecule has 0 unspecified atom stereocenters. The fraction of sp³-hybridized carbons (Fsp3) is 0.667. The van der Waals surface area contributed by atoms with Crippen molar-refractivity contribution >= 4 is 25.2 Å². The Labute approximate surface area is 146 Å². The molecular weight excluding hydrogens is 302 g/mol. The Balaban J connectivity index is 1.84. The van der Waals surface area contributed by atoms with Gasteiger partial charge in [-0.15, -0.1) is 0 Å². The van der Waals surface area contributed by atoms with Crippen molar-refractivity contribution in [1.82, 2.24) is 0 Å². The molecule has 0 amide bonds. The van der Waals surface area contributed by atoms with Crippen LogP contribution in [-0.4, -0.2) is 36.6 Å². The van der Waals surface area contributed by atoms with Gasteiger partial charge < -0.3 is 18.6 Å². The van der Waals surface area contributed by atoms with Crippen LogP contribution in [0.5, 0.6) is 0 Å². The van der Waals surface area contributed by atoms with E-state index >= 15 is 0 Å². The van der Waals surface area contributed by atoms with E-state index in [1.165, 1.54) is 0 Å². The maximum absolute atomic E-state index is 6.13. The van der Waals surface area contributed by atoms with Crippen LogP contribution in [0.1, 0.15) is 55.4 Å². The van der Waals surface area contributed by atoms with Crippen LogP contribution in [0.4, 0.5) is 0 Å². The lowest BCUT2D eigenvalue weighted by Crippen LogP contribution is -2.41. The van der Waals surface area contributed by atoms with Crippen LogP contribution in [0, 0.1) is 6.07 Å². The normalized spacial score (nSPS) is 26.8. The molecule has 0 aliphatic carbocycles. The third-order valence-corrected chi connectivity index (χ3v) is 5.88. The van der Waals surface area contributed by atoms with E-state index in [2.05, 4.69) is 61.5 Å². The first-order chi connectivity index (χ1) is 10.8. The molecule has 0 bridgehead atoms. The monoisotopic (exact) mass is 329 g/mol. The van der Waals surface area contributed by atoms with Gasteiger partial charge in [-0.05, 0) is 72.4 Å². The molecule has 1 aromatic rings. The fourth-order valence-corrected chi connectivity index (χ4v) is 2.74. The first-order valence-electron chi connectivity index (χ1n) is 8.57. The Morgan fingerprint density at radius 1 is 0.625 bits per heavy atom. The summed E-state index contributed by atoms with van der Waals surface area (Å²) in [6, 6.07) is 9.00.